The molecule has 6 nitrogen and oxygen atoms in total. The molecule has 8 heteroatoms. The van der Waals surface area contributed by atoms with Gasteiger partial charge in [-0.25, -0.2) is 18.7 Å². The first-order valence-electron chi connectivity index (χ1n) is 13.3. The zero-order valence-electron chi connectivity index (χ0n) is 21.4. The van der Waals surface area contributed by atoms with E-state index in [1.807, 2.05) is 12.1 Å². The minimum Gasteiger partial charge on any atom is -0.486 e. The summed E-state index contributed by atoms with van der Waals surface area (Å²) in [5.41, 5.74) is 4.32. The molecule has 2 aliphatic heterocycles. The average Bonchev–Trinajstić information content (AvgIpc) is 2.89. The lowest BCUT2D eigenvalue weighted by molar-refractivity contribution is 0.134. The number of aromatic nitrogens is 2. The van der Waals surface area contributed by atoms with E-state index in [0.29, 0.717) is 17.9 Å². The molecule has 0 unspecified atom stereocenters. The smallest absolute Gasteiger partial charge is 0.227 e. The zero-order valence-corrected chi connectivity index (χ0v) is 21.4. The van der Waals surface area contributed by atoms with E-state index in [2.05, 4.69) is 51.5 Å². The Labute approximate surface area is 216 Å². The molecule has 0 atom stereocenters. The Balaban J connectivity index is 1.37. The van der Waals surface area contributed by atoms with Crippen LogP contribution >= 0.6 is 0 Å². The fourth-order valence-electron chi connectivity index (χ4n) is 6.31. The highest BCUT2D eigenvalue weighted by molar-refractivity contribution is 5.74. The fraction of sp³-hybridized carbons (Fsp3) is 0.448. The van der Waals surface area contributed by atoms with Crippen molar-refractivity contribution in [2.24, 2.45) is 0 Å². The number of rotatable bonds is 4. The number of benzene rings is 2. The van der Waals surface area contributed by atoms with E-state index in [4.69, 9.17) is 4.74 Å². The fourth-order valence-corrected chi connectivity index (χ4v) is 6.31. The second-order valence-electron chi connectivity index (χ2n) is 10.8. The summed E-state index contributed by atoms with van der Waals surface area (Å²) >= 11 is 0. The molecule has 2 aromatic carbocycles. The van der Waals surface area contributed by atoms with E-state index in [-0.39, 0.29) is 29.0 Å². The highest BCUT2D eigenvalue weighted by atomic mass is 19.1. The number of nitrogens with zero attached hydrogens (tertiary/aromatic N) is 3. The van der Waals surface area contributed by atoms with Crippen LogP contribution in [0.5, 0.6) is 5.75 Å². The van der Waals surface area contributed by atoms with Gasteiger partial charge in [0.25, 0.3) is 0 Å². The predicted molar refractivity (Wildman–Crippen MR) is 141 cm³/mol. The van der Waals surface area contributed by atoms with E-state index in [1.54, 1.807) is 0 Å². The number of nitrogens with one attached hydrogen (secondary N) is 2. The van der Waals surface area contributed by atoms with Crippen LogP contribution in [0.3, 0.4) is 0 Å². The Kier molecular flexibility index (Phi) is 6.23. The summed E-state index contributed by atoms with van der Waals surface area (Å²) in [5, 5.41) is 6.57. The van der Waals surface area contributed by atoms with Crippen molar-refractivity contribution in [2.45, 2.75) is 70.5 Å². The van der Waals surface area contributed by atoms with Crippen molar-refractivity contribution in [1.82, 2.24) is 15.3 Å². The maximum atomic E-state index is 15.4. The molecule has 37 heavy (non-hydrogen) atoms. The number of halogens is 2. The van der Waals surface area contributed by atoms with Crippen LogP contribution in [-0.4, -0.2) is 34.7 Å². The summed E-state index contributed by atoms with van der Waals surface area (Å²) < 4.78 is 36.5. The summed E-state index contributed by atoms with van der Waals surface area (Å²) in [6.45, 7) is 6.50. The molecule has 0 saturated heterocycles. The Morgan fingerprint density at radius 1 is 1.05 bits per heavy atom. The quantitative estimate of drug-likeness (QED) is 0.445. The van der Waals surface area contributed by atoms with E-state index < -0.39 is 11.6 Å². The molecule has 194 valence electrons. The van der Waals surface area contributed by atoms with Gasteiger partial charge in [0.15, 0.2) is 17.4 Å². The van der Waals surface area contributed by atoms with Crippen LogP contribution in [0.1, 0.15) is 57.1 Å². The van der Waals surface area contributed by atoms with Crippen molar-refractivity contribution < 1.29 is 13.5 Å². The van der Waals surface area contributed by atoms with Gasteiger partial charge in [-0.2, -0.15) is 0 Å². The zero-order chi connectivity index (χ0) is 25.6. The van der Waals surface area contributed by atoms with Crippen molar-refractivity contribution in [3.63, 3.8) is 0 Å². The van der Waals surface area contributed by atoms with Crippen molar-refractivity contribution in [1.29, 1.82) is 0 Å². The van der Waals surface area contributed by atoms with Gasteiger partial charge in [-0.3, -0.25) is 0 Å². The minimum atomic E-state index is -0.597. The van der Waals surface area contributed by atoms with Gasteiger partial charge in [0, 0.05) is 23.8 Å². The van der Waals surface area contributed by atoms with Crippen LogP contribution < -0.4 is 20.3 Å². The Morgan fingerprint density at radius 3 is 2.70 bits per heavy atom. The number of ether oxygens (including phenoxy) is 1. The molecule has 3 heterocycles. The lowest BCUT2D eigenvalue weighted by atomic mass is 9.78. The van der Waals surface area contributed by atoms with Crippen LogP contribution in [0.4, 0.5) is 26.1 Å². The first kappa shape index (κ1) is 24.1. The highest BCUT2D eigenvalue weighted by Gasteiger charge is 2.45. The summed E-state index contributed by atoms with van der Waals surface area (Å²) in [6, 6.07) is 9.43. The summed E-state index contributed by atoms with van der Waals surface area (Å²) in [6.07, 6.45) is 7.59. The Morgan fingerprint density at radius 2 is 1.89 bits per heavy atom. The molecule has 0 radical (unpaired) electrons. The van der Waals surface area contributed by atoms with Crippen LogP contribution in [0.2, 0.25) is 0 Å². The first-order chi connectivity index (χ1) is 17.9. The van der Waals surface area contributed by atoms with Crippen LogP contribution in [0.25, 0.3) is 11.3 Å². The standard InChI is InChI=1S/C29H33F2N5O/c1-18(2)36-25-14-20(13-23(30)27(25)37-17-29(36)9-4-3-5-10-29)26-24(31)16-33-28(35-26)34-22-7-6-19-8-11-32-15-21(19)12-22/h6-7,12-14,16,18,32H,3-5,8-11,15,17H2,1-2H3,(H,33,34,35). The maximum Gasteiger partial charge on any atom is 0.227 e. The molecule has 0 bridgehead atoms. The van der Waals surface area contributed by atoms with Gasteiger partial charge >= 0.3 is 0 Å². The summed E-state index contributed by atoms with van der Waals surface area (Å²) in [4.78, 5) is 10.9. The van der Waals surface area contributed by atoms with E-state index in [1.165, 1.54) is 23.6 Å². The molecular weight excluding hydrogens is 472 g/mol. The van der Waals surface area contributed by atoms with Gasteiger partial charge in [0.1, 0.15) is 12.3 Å². The molecule has 0 amide bonds. The van der Waals surface area contributed by atoms with E-state index in [9.17, 15) is 0 Å². The van der Waals surface area contributed by atoms with Gasteiger partial charge in [0.05, 0.1) is 17.4 Å². The SMILES string of the molecule is CC(C)N1c2cc(-c3nc(Nc4ccc5c(c4)CNCC5)ncc3F)cc(F)c2OCC12CCCCC2. The predicted octanol–water partition coefficient (Wildman–Crippen LogP) is 6.12. The maximum absolute atomic E-state index is 15.4. The van der Waals surface area contributed by atoms with E-state index >= 15 is 8.78 Å². The van der Waals surface area contributed by atoms with Crippen LogP contribution in [0.15, 0.2) is 36.5 Å². The van der Waals surface area contributed by atoms with Crippen molar-refractivity contribution in [3.8, 4) is 17.0 Å². The monoisotopic (exact) mass is 505 g/mol. The number of anilines is 3. The van der Waals surface area contributed by atoms with Gasteiger partial charge in [-0.05, 0) is 75.0 Å². The third kappa shape index (κ3) is 4.41. The molecule has 1 aromatic heterocycles. The molecule has 3 aliphatic rings. The summed E-state index contributed by atoms with van der Waals surface area (Å²) in [5.74, 6) is -0.596. The molecule has 1 saturated carbocycles. The average molecular weight is 506 g/mol. The molecule has 6 rings (SSSR count). The van der Waals surface area contributed by atoms with Crippen LogP contribution in [-0.2, 0) is 13.0 Å². The topological polar surface area (TPSA) is 62.3 Å². The normalized spacial score (nSPS) is 18.4. The van der Waals surface area contributed by atoms with Crippen molar-refractivity contribution in [2.75, 3.05) is 23.4 Å². The molecular formula is C29H33F2N5O. The van der Waals surface area contributed by atoms with Crippen molar-refractivity contribution >= 4 is 17.3 Å². The van der Waals surface area contributed by atoms with E-state index in [0.717, 1.165) is 57.1 Å². The Hall–Kier alpha value is -3.26. The Bertz CT molecular complexity index is 1320. The first-order valence-corrected chi connectivity index (χ1v) is 13.3. The number of hydrogen-bond donors (Lipinski definition) is 2. The molecule has 3 aromatic rings. The molecule has 1 fully saturated rings. The summed E-state index contributed by atoms with van der Waals surface area (Å²) in [7, 11) is 0. The van der Waals surface area contributed by atoms with Gasteiger partial charge in [0.2, 0.25) is 5.95 Å². The lowest BCUT2D eigenvalue weighted by Gasteiger charge is -2.52. The largest absolute Gasteiger partial charge is 0.486 e. The molecule has 2 N–H and O–H groups in total. The third-order valence-electron chi connectivity index (χ3n) is 7.95. The highest BCUT2D eigenvalue weighted by Crippen LogP contribution is 2.48. The van der Waals surface area contributed by atoms with Gasteiger partial charge in [-0.1, -0.05) is 25.3 Å². The number of hydrogen-bond acceptors (Lipinski definition) is 6. The van der Waals surface area contributed by atoms with Crippen LogP contribution in [0, 0.1) is 11.6 Å². The molecule has 1 aliphatic carbocycles. The van der Waals surface area contributed by atoms with Crippen molar-refractivity contribution in [3.05, 3.63) is 59.3 Å². The second-order valence-corrected chi connectivity index (χ2v) is 10.8. The van der Waals surface area contributed by atoms with Gasteiger partial charge < -0.3 is 20.3 Å². The second kappa shape index (κ2) is 9.56. The molecule has 1 spiro atoms. The lowest BCUT2D eigenvalue weighted by Crippen LogP contribution is -2.59. The third-order valence-corrected chi connectivity index (χ3v) is 7.95. The number of fused-ring (bicyclic) bond motifs is 2. The minimum absolute atomic E-state index is 0.0609. The van der Waals surface area contributed by atoms with Gasteiger partial charge in [-0.15, -0.1) is 0 Å².